The van der Waals surface area contributed by atoms with Crippen molar-refractivity contribution in [2.75, 3.05) is 18.5 Å². The minimum Gasteiger partial charge on any atom is -0.490 e. The maximum atomic E-state index is 12.8. The van der Waals surface area contributed by atoms with Crippen molar-refractivity contribution in [2.24, 2.45) is 17.8 Å². The summed E-state index contributed by atoms with van der Waals surface area (Å²) >= 11 is 3.25. The Kier molecular flexibility index (Phi) is 6.40. The first-order valence-corrected chi connectivity index (χ1v) is 15.4. The number of anilines is 1. The zero-order valence-corrected chi connectivity index (χ0v) is 23.3. The van der Waals surface area contributed by atoms with Gasteiger partial charge in [-0.3, -0.25) is 9.59 Å². The number of carbonyl (C=O) groups excluding carboxylic acids is 1. The predicted molar refractivity (Wildman–Crippen MR) is 156 cm³/mol. The molecule has 2 aliphatic carbocycles. The summed E-state index contributed by atoms with van der Waals surface area (Å²) in [5.74, 6) is 3.09. The molecule has 5 atom stereocenters. The van der Waals surface area contributed by atoms with E-state index < -0.39 is 0 Å². The van der Waals surface area contributed by atoms with Crippen molar-refractivity contribution >= 4 is 45.5 Å². The van der Waals surface area contributed by atoms with Gasteiger partial charge in [0.05, 0.1) is 11.6 Å². The predicted octanol–water partition coefficient (Wildman–Crippen LogP) is 6.66. The summed E-state index contributed by atoms with van der Waals surface area (Å²) in [6.07, 6.45) is 3.87. The van der Waals surface area contributed by atoms with Gasteiger partial charge in [0.2, 0.25) is 0 Å². The molecule has 7 rings (SSSR count). The van der Waals surface area contributed by atoms with Crippen LogP contribution in [0.1, 0.15) is 42.5 Å². The summed E-state index contributed by atoms with van der Waals surface area (Å²) in [4.78, 5) is 29.5. The van der Waals surface area contributed by atoms with Gasteiger partial charge in [0, 0.05) is 27.1 Å². The first-order chi connectivity index (χ1) is 19.1. The van der Waals surface area contributed by atoms with E-state index in [9.17, 15) is 9.59 Å². The molecule has 4 aromatic rings. The molecule has 2 saturated carbocycles. The molecule has 39 heavy (non-hydrogen) atoms. The van der Waals surface area contributed by atoms with E-state index in [1.54, 1.807) is 0 Å². The molecule has 200 valence electrons. The summed E-state index contributed by atoms with van der Waals surface area (Å²) < 4.78 is 12.0. The second-order valence-electron chi connectivity index (χ2n) is 10.7. The van der Waals surface area contributed by atoms with Crippen molar-refractivity contribution in [2.45, 2.75) is 42.4 Å². The fourth-order valence-corrected chi connectivity index (χ4v) is 9.89. The molecule has 0 saturated heterocycles. The number of aromatic nitrogens is 1. The fraction of sp³-hybridized carbons (Fsp3) is 0.355. The van der Waals surface area contributed by atoms with Crippen LogP contribution in [0.25, 0.3) is 10.8 Å². The first kappa shape index (κ1) is 24.8. The standard InChI is InChI=1S/C31H30N2O4S2/c1-2-36-24-15-19(27-26-18-10-11-20(14-18)28(26)38-30-29(27)39-31(35)33-30)12-13-23(24)37-16-25(34)32-22-9-5-7-17-6-3-4-8-21(17)22/h3-9,12-13,15,18,20,26-28H,2,10-11,14,16H2,1H3,(H,32,34)(H,33,35)/t18?,20?,26?,27-,28?/m1/s1. The SMILES string of the molecule is CCOc1cc([C@H]2c3sc(=O)[nH]c3SC3C4CCC(C4)C32)ccc1OCC(=O)Nc1cccc2ccccc12. The highest BCUT2D eigenvalue weighted by atomic mass is 32.2. The van der Waals surface area contributed by atoms with E-state index in [-0.39, 0.29) is 23.3 Å². The minimum atomic E-state index is -0.228. The van der Waals surface area contributed by atoms with Gasteiger partial charge in [-0.15, -0.1) is 11.8 Å². The summed E-state index contributed by atoms with van der Waals surface area (Å²) in [7, 11) is 0. The Balaban J connectivity index is 1.14. The molecule has 2 N–H and O–H groups in total. The Morgan fingerprint density at radius 3 is 2.77 bits per heavy atom. The van der Waals surface area contributed by atoms with Crippen molar-refractivity contribution in [3.05, 3.63) is 80.8 Å². The number of rotatable bonds is 7. The van der Waals surface area contributed by atoms with Gasteiger partial charge in [0.15, 0.2) is 18.1 Å². The molecule has 2 fully saturated rings. The number of aromatic amines is 1. The number of amides is 1. The van der Waals surface area contributed by atoms with Gasteiger partial charge in [-0.2, -0.15) is 0 Å². The van der Waals surface area contributed by atoms with Crippen molar-refractivity contribution in [1.29, 1.82) is 0 Å². The van der Waals surface area contributed by atoms with Gasteiger partial charge in [-0.1, -0.05) is 53.8 Å². The highest BCUT2D eigenvalue weighted by Crippen LogP contribution is 2.63. The van der Waals surface area contributed by atoms with Crippen LogP contribution >= 0.6 is 23.1 Å². The number of nitrogens with one attached hydrogen (secondary N) is 2. The Bertz CT molecular complexity index is 1610. The minimum absolute atomic E-state index is 0.0204. The number of ether oxygens (including phenoxy) is 2. The van der Waals surface area contributed by atoms with E-state index in [4.69, 9.17) is 9.47 Å². The summed E-state index contributed by atoms with van der Waals surface area (Å²) in [6, 6.07) is 19.9. The third kappa shape index (κ3) is 4.43. The number of thiazole rings is 1. The van der Waals surface area contributed by atoms with Crippen LogP contribution < -0.4 is 19.7 Å². The highest BCUT2D eigenvalue weighted by molar-refractivity contribution is 8.00. The van der Waals surface area contributed by atoms with Gasteiger partial charge < -0.3 is 19.8 Å². The Morgan fingerprint density at radius 1 is 1.03 bits per heavy atom. The Labute approximate surface area is 235 Å². The van der Waals surface area contributed by atoms with Crippen molar-refractivity contribution in [3.8, 4) is 11.5 Å². The molecule has 2 bridgehead atoms. The molecule has 4 unspecified atom stereocenters. The average Bonchev–Trinajstić information content (AvgIpc) is 3.66. The molecule has 6 nitrogen and oxygen atoms in total. The van der Waals surface area contributed by atoms with E-state index in [1.807, 2.05) is 67.2 Å². The van der Waals surface area contributed by atoms with Crippen LogP contribution in [-0.2, 0) is 4.79 Å². The lowest BCUT2D eigenvalue weighted by atomic mass is 9.75. The van der Waals surface area contributed by atoms with E-state index in [1.165, 1.54) is 30.6 Å². The molecule has 0 spiro atoms. The second-order valence-corrected chi connectivity index (χ2v) is 12.9. The maximum Gasteiger partial charge on any atom is 0.305 e. The average molecular weight is 559 g/mol. The van der Waals surface area contributed by atoms with Gasteiger partial charge in [-0.25, -0.2) is 0 Å². The smallest absolute Gasteiger partial charge is 0.305 e. The number of hydrogen-bond donors (Lipinski definition) is 2. The van der Waals surface area contributed by atoms with Crippen LogP contribution in [0, 0.1) is 17.8 Å². The molecular weight excluding hydrogens is 528 g/mol. The molecule has 1 aromatic heterocycles. The largest absolute Gasteiger partial charge is 0.490 e. The summed E-state index contributed by atoms with van der Waals surface area (Å²) in [5, 5.41) is 6.64. The monoisotopic (exact) mass is 558 g/mol. The molecule has 8 heteroatoms. The van der Waals surface area contributed by atoms with E-state index >= 15 is 0 Å². The van der Waals surface area contributed by atoms with Gasteiger partial charge in [0.1, 0.15) is 0 Å². The third-order valence-electron chi connectivity index (χ3n) is 8.51. The number of carbonyl (C=O) groups is 1. The van der Waals surface area contributed by atoms with Crippen LogP contribution in [0.4, 0.5) is 5.69 Å². The number of thioether (sulfide) groups is 1. The van der Waals surface area contributed by atoms with Crippen molar-refractivity contribution in [1.82, 2.24) is 4.98 Å². The van der Waals surface area contributed by atoms with Crippen LogP contribution in [0.2, 0.25) is 0 Å². The lowest BCUT2D eigenvalue weighted by Crippen LogP contribution is -2.33. The quantitative estimate of drug-likeness (QED) is 0.265. The maximum absolute atomic E-state index is 12.8. The Hall–Kier alpha value is -3.23. The molecule has 3 aromatic carbocycles. The number of hydrogen-bond acceptors (Lipinski definition) is 6. The molecule has 3 aliphatic rings. The number of fused-ring (bicyclic) bond motifs is 7. The lowest BCUT2D eigenvalue weighted by molar-refractivity contribution is -0.118. The molecule has 1 aliphatic heterocycles. The Morgan fingerprint density at radius 2 is 1.87 bits per heavy atom. The van der Waals surface area contributed by atoms with E-state index in [0.717, 1.165) is 37.8 Å². The van der Waals surface area contributed by atoms with Crippen molar-refractivity contribution in [3.63, 3.8) is 0 Å². The number of H-pyrrole nitrogens is 1. The van der Waals surface area contributed by atoms with Gasteiger partial charge >= 0.3 is 4.87 Å². The highest BCUT2D eigenvalue weighted by Gasteiger charge is 2.54. The van der Waals surface area contributed by atoms with Crippen LogP contribution in [0.15, 0.2) is 70.5 Å². The van der Waals surface area contributed by atoms with Gasteiger partial charge in [-0.05, 0) is 73.1 Å². The second kappa shape index (κ2) is 10.1. The zero-order valence-electron chi connectivity index (χ0n) is 21.6. The molecule has 0 radical (unpaired) electrons. The number of benzene rings is 3. The summed E-state index contributed by atoms with van der Waals surface area (Å²) in [5.41, 5.74) is 1.92. The van der Waals surface area contributed by atoms with Gasteiger partial charge in [0.25, 0.3) is 5.91 Å². The van der Waals surface area contributed by atoms with Crippen LogP contribution in [0.3, 0.4) is 0 Å². The topological polar surface area (TPSA) is 80.4 Å². The van der Waals surface area contributed by atoms with E-state index in [2.05, 4.69) is 22.4 Å². The third-order valence-corrected chi connectivity index (χ3v) is 11.1. The van der Waals surface area contributed by atoms with Crippen LogP contribution in [0.5, 0.6) is 11.5 Å². The first-order valence-electron chi connectivity index (χ1n) is 13.7. The fourth-order valence-electron chi connectivity index (χ4n) is 6.99. The zero-order chi connectivity index (χ0) is 26.5. The van der Waals surface area contributed by atoms with E-state index in [0.29, 0.717) is 35.2 Å². The normalized spacial score (nSPS) is 24.8. The molecule has 2 heterocycles. The molecule has 1 amide bonds. The summed E-state index contributed by atoms with van der Waals surface area (Å²) in [6.45, 7) is 2.31. The lowest BCUT2D eigenvalue weighted by Gasteiger charge is -2.40. The van der Waals surface area contributed by atoms with Crippen LogP contribution in [-0.4, -0.2) is 29.4 Å². The van der Waals surface area contributed by atoms with Crippen molar-refractivity contribution < 1.29 is 14.3 Å². The molecular formula is C31H30N2O4S2.